The van der Waals surface area contributed by atoms with Gasteiger partial charge in [0.05, 0.1) is 5.56 Å². The van der Waals surface area contributed by atoms with Gasteiger partial charge in [-0.2, -0.15) is 0 Å². The fraction of sp³-hybridized carbons (Fsp3) is 0.188. The number of aromatic hydroxyl groups is 1. The van der Waals surface area contributed by atoms with E-state index in [1.807, 2.05) is 25.1 Å². The summed E-state index contributed by atoms with van der Waals surface area (Å²) >= 11 is 0. The highest BCUT2D eigenvalue weighted by Gasteiger charge is 2.18. The molecular formula is C16H19N3O2. The van der Waals surface area contributed by atoms with Gasteiger partial charge in [0.15, 0.2) is 0 Å². The van der Waals surface area contributed by atoms with E-state index in [1.165, 1.54) is 4.90 Å². The molecule has 0 atom stereocenters. The number of benzene rings is 2. The molecule has 0 saturated heterocycles. The number of carbonyl (C=O) groups is 1. The van der Waals surface area contributed by atoms with Crippen LogP contribution in [0.3, 0.4) is 0 Å². The Morgan fingerprint density at radius 3 is 2.24 bits per heavy atom. The number of hydrogen-bond acceptors (Lipinski definition) is 4. The van der Waals surface area contributed by atoms with Crippen LogP contribution >= 0.6 is 0 Å². The van der Waals surface area contributed by atoms with Crippen molar-refractivity contribution >= 4 is 23.0 Å². The van der Waals surface area contributed by atoms with Crippen molar-refractivity contribution in [2.24, 2.45) is 0 Å². The highest BCUT2D eigenvalue weighted by Crippen LogP contribution is 2.25. The smallest absolute Gasteiger partial charge is 0.260 e. The Hall–Kier alpha value is -2.69. The monoisotopic (exact) mass is 285 g/mol. The molecule has 21 heavy (non-hydrogen) atoms. The predicted molar refractivity (Wildman–Crippen MR) is 86.0 cm³/mol. The molecule has 0 heterocycles. The van der Waals surface area contributed by atoms with Crippen LogP contribution in [0.2, 0.25) is 0 Å². The summed E-state index contributed by atoms with van der Waals surface area (Å²) in [4.78, 5) is 16.1. The Bertz CT molecular complexity index is 651. The number of nitrogens with zero attached hydrogens (tertiary/aromatic N) is 2. The van der Waals surface area contributed by atoms with Crippen molar-refractivity contribution in [3.05, 3.63) is 48.0 Å². The molecule has 0 aliphatic heterocycles. The van der Waals surface area contributed by atoms with E-state index in [9.17, 15) is 9.90 Å². The van der Waals surface area contributed by atoms with Gasteiger partial charge in [0.1, 0.15) is 5.75 Å². The summed E-state index contributed by atoms with van der Waals surface area (Å²) in [6, 6.07) is 11.7. The molecule has 0 aliphatic carbocycles. The summed E-state index contributed by atoms with van der Waals surface area (Å²) < 4.78 is 0. The number of anilines is 3. The first-order chi connectivity index (χ1) is 9.90. The molecule has 110 valence electrons. The predicted octanol–water partition coefficient (Wildman–Crippen LogP) is 2.32. The van der Waals surface area contributed by atoms with Gasteiger partial charge >= 0.3 is 0 Å². The SMILES string of the molecule is CN(C)c1ccc(N)cc1C(=O)N(C)c1ccc(O)cc1. The van der Waals surface area contributed by atoms with E-state index in [2.05, 4.69) is 0 Å². The fourth-order valence-corrected chi connectivity index (χ4v) is 2.09. The minimum absolute atomic E-state index is 0.156. The van der Waals surface area contributed by atoms with Crippen LogP contribution in [0.15, 0.2) is 42.5 Å². The quantitative estimate of drug-likeness (QED) is 0.849. The molecule has 0 bridgehead atoms. The van der Waals surface area contributed by atoms with Crippen molar-refractivity contribution in [2.45, 2.75) is 0 Å². The number of hydrogen-bond donors (Lipinski definition) is 2. The molecule has 5 nitrogen and oxygen atoms in total. The highest BCUT2D eigenvalue weighted by molar-refractivity contribution is 6.09. The molecule has 0 unspecified atom stereocenters. The maximum Gasteiger partial charge on any atom is 0.260 e. The molecule has 2 rings (SSSR count). The van der Waals surface area contributed by atoms with Crippen LogP contribution in [-0.2, 0) is 0 Å². The largest absolute Gasteiger partial charge is 0.508 e. The van der Waals surface area contributed by atoms with Crippen LogP contribution in [0.4, 0.5) is 17.1 Å². The maximum atomic E-state index is 12.7. The van der Waals surface area contributed by atoms with E-state index in [0.717, 1.165) is 5.69 Å². The average molecular weight is 285 g/mol. The second-order valence-corrected chi connectivity index (χ2v) is 5.05. The zero-order valence-corrected chi connectivity index (χ0v) is 12.4. The molecule has 2 aromatic carbocycles. The van der Waals surface area contributed by atoms with Crippen LogP contribution in [0, 0.1) is 0 Å². The zero-order chi connectivity index (χ0) is 15.6. The molecule has 0 fully saturated rings. The summed E-state index contributed by atoms with van der Waals surface area (Å²) in [6.07, 6.45) is 0. The van der Waals surface area contributed by atoms with Gasteiger partial charge in [-0.1, -0.05) is 0 Å². The van der Waals surface area contributed by atoms with Crippen LogP contribution in [0.25, 0.3) is 0 Å². The van der Waals surface area contributed by atoms with Gasteiger partial charge in [0, 0.05) is 38.2 Å². The van der Waals surface area contributed by atoms with E-state index < -0.39 is 0 Å². The number of nitrogens with two attached hydrogens (primary N) is 1. The van der Waals surface area contributed by atoms with Crippen molar-refractivity contribution < 1.29 is 9.90 Å². The normalized spacial score (nSPS) is 10.2. The van der Waals surface area contributed by atoms with E-state index in [0.29, 0.717) is 16.9 Å². The van der Waals surface area contributed by atoms with Crippen molar-refractivity contribution in [2.75, 3.05) is 36.7 Å². The Morgan fingerprint density at radius 2 is 1.67 bits per heavy atom. The minimum atomic E-state index is -0.156. The summed E-state index contributed by atoms with van der Waals surface area (Å²) in [5.74, 6) is 0.00854. The van der Waals surface area contributed by atoms with Crippen molar-refractivity contribution in [3.63, 3.8) is 0 Å². The first kappa shape index (κ1) is 14.7. The molecule has 0 saturated carbocycles. The highest BCUT2D eigenvalue weighted by atomic mass is 16.3. The third kappa shape index (κ3) is 3.08. The maximum absolute atomic E-state index is 12.7. The van der Waals surface area contributed by atoms with Gasteiger partial charge in [-0.3, -0.25) is 4.79 Å². The van der Waals surface area contributed by atoms with Crippen molar-refractivity contribution in [1.82, 2.24) is 0 Å². The Kier molecular flexibility index (Phi) is 4.03. The van der Waals surface area contributed by atoms with Crippen LogP contribution < -0.4 is 15.5 Å². The van der Waals surface area contributed by atoms with Gasteiger partial charge in [0.2, 0.25) is 0 Å². The molecule has 0 spiro atoms. The second-order valence-electron chi connectivity index (χ2n) is 5.05. The Morgan fingerprint density at radius 1 is 1.05 bits per heavy atom. The third-order valence-corrected chi connectivity index (χ3v) is 3.27. The summed E-state index contributed by atoms with van der Waals surface area (Å²) in [7, 11) is 5.45. The van der Waals surface area contributed by atoms with Gasteiger partial charge in [0.25, 0.3) is 5.91 Å². The fourth-order valence-electron chi connectivity index (χ4n) is 2.09. The van der Waals surface area contributed by atoms with Crippen LogP contribution in [-0.4, -0.2) is 32.2 Å². The first-order valence-corrected chi connectivity index (χ1v) is 6.54. The summed E-state index contributed by atoms with van der Waals surface area (Å²) in [5.41, 5.74) is 8.39. The second kappa shape index (κ2) is 5.75. The van der Waals surface area contributed by atoms with Gasteiger partial charge < -0.3 is 20.6 Å². The van der Waals surface area contributed by atoms with Crippen molar-refractivity contribution in [3.8, 4) is 5.75 Å². The number of amides is 1. The molecule has 0 aromatic heterocycles. The molecule has 1 amide bonds. The molecular weight excluding hydrogens is 266 g/mol. The number of nitrogen functional groups attached to an aromatic ring is 1. The third-order valence-electron chi connectivity index (χ3n) is 3.27. The van der Waals surface area contributed by atoms with Crippen LogP contribution in [0.1, 0.15) is 10.4 Å². The summed E-state index contributed by atoms with van der Waals surface area (Å²) in [6.45, 7) is 0. The lowest BCUT2D eigenvalue weighted by Gasteiger charge is -2.22. The van der Waals surface area contributed by atoms with Crippen molar-refractivity contribution in [1.29, 1.82) is 0 Å². The van der Waals surface area contributed by atoms with Gasteiger partial charge in [-0.05, 0) is 42.5 Å². The van der Waals surface area contributed by atoms with Gasteiger partial charge in [-0.25, -0.2) is 0 Å². The number of phenolic OH excluding ortho intramolecular Hbond substituents is 1. The lowest BCUT2D eigenvalue weighted by Crippen LogP contribution is -2.28. The Labute approximate surface area is 124 Å². The zero-order valence-electron chi connectivity index (χ0n) is 12.4. The molecule has 0 aliphatic rings. The molecule has 2 aromatic rings. The summed E-state index contributed by atoms with van der Waals surface area (Å²) in [5, 5.41) is 9.32. The topological polar surface area (TPSA) is 69.8 Å². The average Bonchev–Trinajstić information content (AvgIpc) is 2.46. The van der Waals surface area contributed by atoms with Crippen LogP contribution in [0.5, 0.6) is 5.75 Å². The Balaban J connectivity index is 2.39. The molecule has 5 heteroatoms. The standard InChI is InChI=1S/C16H19N3O2/c1-18(2)15-9-4-11(17)10-14(15)16(21)19(3)12-5-7-13(20)8-6-12/h4-10,20H,17H2,1-3H3. The molecule has 3 N–H and O–H groups in total. The van der Waals surface area contributed by atoms with E-state index in [4.69, 9.17) is 5.73 Å². The van der Waals surface area contributed by atoms with Gasteiger partial charge in [-0.15, -0.1) is 0 Å². The van der Waals surface area contributed by atoms with E-state index in [1.54, 1.807) is 43.4 Å². The number of rotatable bonds is 3. The van der Waals surface area contributed by atoms with E-state index in [-0.39, 0.29) is 11.7 Å². The molecule has 0 radical (unpaired) electrons. The lowest BCUT2D eigenvalue weighted by molar-refractivity contribution is 0.0993. The number of carbonyl (C=O) groups excluding carboxylic acids is 1. The first-order valence-electron chi connectivity index (χ1n) is 6.54. The van der Waals surface area contributed by atoms with E-state index >= 15 is 0 Å². The number of phenols is 1. The lowest BCUT2D eigenvalue weighted by atomic mass is 10.1. The minimum Gasteiger partial charge on any atom is -0.508 e.